The molecule has 0 aliphatic heterocycles. The highest BCUT2D eigenvalue weighted by Gasteiger charge is 2.16. The molecule has 0 saturated heterocycles. The predicted octanol–water partition coefficient (Wildman–Crippen LogP) is 2.01. The van der Waals surface area contributed by atoms with Crippen LogP contribution in [0.5, 0.6) is 0 Å². The SMILES string of the molecule is Cc1cc(S(=O)(=O)NCCc2c(C)nn(C)c2C)ccc1F. The summed E-state index contributed by atoms with van der Waals surface area (Å²) in [6, 6.07) is 3.77. The highest BCUT2D eigenvalue weighted by molar-refractivity contribution is 7.89. The summed E-state index contributed by atoms with van der Waals surface area (Å²) in [7, 11) is -1.77. The second kappa shape index (κ2) is 6.18. The highest BCUT2D eigenvalue weighted by Crippen LogP contribution is 2.15. The third kappa shape index (κ3) is 3.36. The van der Waals surface area contributed by atoms with E-state index in [9.17, 15) is 12.8 Å². The molecule has 5 nitrogen and oxygen atoms in total. The average molecular weight is 325 g/mol. The van der Waals surface area contributed by atoms with Gasteiger partial charge in [0.25, 0.3) is 0 Å². The molecule has 1 N–H and O–H groups in total. The monoisotopic (exact) mass is 325 g/mol. The van der Waals surface area contributed by atoms with E-state index in [1.54, 1.807) is 4.68 Å². The first-order valence-electron chi connectivity index (χ1n) is 6.97. The van der Waals surface area contributed by atoms with Crippen molar-refractivity contribution in [2.75, 3.05) is 6.54 Å². The van der Waals surface area contributed by atoms with E-state index in [0.29, 0.717) is 12.0 Å². The Labute approximate surface area is 130 Å². The van der Waals surface area contributed by atoms with E-state index < -0.39 is 15.8 Å². The number of nitrogens with zero attached hydrogens (tertiary/aromatic N) is 2. The molecular formula is C15H20FN3O2S. The fourth-order valence-corrected chi connectivity index (χ4v) is 3.47. The summed E-state index contributed by atoms with van der Waals surface area (Å²) in [4.78, 5) is 0.0750. The van der Waals surface area contributed by atoms with Crippen LogP contribution in [0.4, 0.5) is 4.39 Å². The van der Waals surface area contributed by atoms with Crippen LogP contribution < -0.4 is 4.72 Å². The van der Waals surface area contributed by atoms with Crippen molar-refractivity contribution < 1.29 is 12.8 Å². The van der Waals surface area contributed by atoms with Crippen molar-refractivity contribution in [1.29, 1.82) is 0 Å². The van der Waals surface area contributed by atoms with E-state index in [1.807, 2.05) is 20.9 Å². The van der Waals surface area contributed by atoms with Crippen LogP contribution in [0, 0.1) is 26.6 Å². The Morgan fingerprint density at radius 1 is 1.27 bits per heavy atom. The van der Waals surface area contributed by atoms with Gasteiger partial charge in [0.2, 0.25) is 10.0 Å². The molecule has 0 fully saturated rings. The molecule has 0 saturated carbocycles. The van der Waals surface area contributed by atoms with E-state index in [0.717, 1.165) is 17.0 Å². The van der Waals surface area contributed by atoms with Crippen molar-refractivity contribution in [1.82, 2.24) is 14.5 Å². The van der Waals surface area contributed by atoms with Crippen molar-refractivity contribution >= 4 is 10.0 Å². The van der Waals surface area contributed by atoms with Gasteiger partial charge in [0.15, 0.2) is 0 Å². The number of nitrogens with one attached hydrogen (secondary N) is 1. The van der Waals surface area contributed by atoms with Gasteiger partial charge in [-0.2, -0.15) is 5.10 Å². The third-order valence-electron chi connectivity index (χ3n) is 3.77. The number of sulfonamides is 1. The molecule has 0 aliphatic carbocycles. The van der Waals surface area contributed by atoms with Crippen LogP contribution >= 0.6 is 0 Å². The first kappa shape index (κ1) is 16.6. The Bertz CT molecular complexity index is 797. The number of hydrogen-bond acceptors (Lipinski definition) is 3. The van der Waals surface area contributed by atoms with E-state index in [-0.39, 0.29) is 11.4 Å². The molecule has 1 aromatic heterocycles. The van der Waals surface area contributed by atoms with Gasteiger partial charge in [-0.05, 0) is 56.5 Å². The fourth-order valence-electron chi connectivity index (χ4n) is 2.36. The van der Waals surface area contributed by atoms with Crippen molar-refractivity contribution in [2.24, 2.45) is 7.05 Å². The highest BCUT2D eigenvalue weighted by atomic mass is 32.2. The van der Waals surface area contributed by atoms with Gasteiger partial charge in [-0.15, -0.1) is 0 Å². The molecule has 120 valence electrons. The van der Waals surface area contributed by atoms with Crippen LogP contribution in [0.15, 0.2) is 23.1 Å². The second-order valence-corrected chi connectivity index (χ2v) is 7.10. The number of halogens is 1. The van der Waals surface area contributed by atoms with Gasteiger partial charge >= 0.3 is 0 Å². The Kier molecular flexibility index (Phi) is 4.67. The van der Waals surface area contributed by atoms with Crippen molar-refractivity contribution in [2.45, 2.75) is 32.1 Å². The molecule has 1 aromatic carbocycles. The topological polar surface area (TPSA) is 64.0 Å². The number of benzene rings is 1. The van der Waals surface area contributed by atoms with Crippen molar-refractivity contribution in [3.05, 3.63) is 46.5 Å². The van der Waals surface area contributed by atoms with Gasteiger partial charge in [-0.1, -0.05) is 0 Å². The van der Waals surface area contributed by atoms with Crippen LogP contribution in [-0.2, 0) is 23.5 Å². The molecule has 7 heteroatoms. The van der Waals surface area contributed by atoms with Crippen molar-refractivity contribution in [3.63, 3.8) is 0 Å². The number of aryl methyl sites for hydroxylation is 3. The Balaban J connectivity index is 2.08. The maximum Gasteiger partial charge on any atom is 0.240 e. The third-order valence-corrected chi connectivity index (χ3v) is 5.22. The first-order valence-corrected chi connectivity index (χ1v) is 8.45. The zero-order valence-corrected chi connectivity index (χ0v) is 14.0. The Morgan fingerprint density at radius 3 is 2.50 bits per heavy atom. The number of aromatic nitrogens is 2. The van der Waals surface area contributed by atoms with Gasteiger partial charge in [0.1, 0.15) is 5.82 Å². The lowest BCUT2D eigenvalue weighted by molar-refractivity contribution is 0.580. The van der Waals surface area contributed by atoms with Gasteiger partial charge in [0, 0.05) is 19.3 Å². The van der Waals surface area contributed by atoms with Gasteiger partial charge in [-0.25, -0.2) is 17.5 Å². The summed E-state index contributed by atoms with van der Waals surface area (Å²) >= 11 is 0. The summed E-state index contributed by atoms with van der Waals surface area (Å²) in [5.74, 6) is -0.416. The Hall–Kier alpha value is -1.73. The van der Waals surface area contributed by atoms with E-state index in [2.05, 4.69) is 9.82 Å². The maximum atomic E-state index is 13.2. The minimum Gasteiger partial charge on any atom is -0.272 e. The van der Waals surface area contributed by atoms with E-state index in [4.69, 9.17) is 0 Å². The zero-order valence-electron chi connectivity index (χ0n) is 13.1. The van der Waals surface area contributed by atoms with Crippen LogP contribution in [0.2, 0.25) is 0 Å². The molecule has 0 aliphatic rings. The van der Waals surface area contributed by atoms with Gasteiger partial charge < -0.3 is 0 Å². The Morgan fingerprint density at radius 2 is 1.95 bits per heavy atom. The second-order valence-electron chi connectivity index (χ2n) is 5.33. The molecular weight excluding hydrogens is 305 g/mol. The maximum absolute atomic E-state index is 13.2. The predicted molar refractivity (Wildman–Crippen MR) is 82.7 cm³/mol. The molecule has 0 spiro atoms. The molecule has 1 heterocycles. The van der Waals surface area contributed by atoms with Crippen LogP contribution in [0.25, 0.3) is 0 Å². The lowest BCUT2D eigenvalue weighted by Crippen LogP contribution is -2.26. The normalized spacial score (nSPS) is 11.9. The lowest BCUT2D eigenvalue weighted by Gasteiger charge is -2.08. The molecule has 0 atom stereocenters. The molecule has 2 aromatic rings. The lowest BCUT2D eigenvalue weighted by atomic mass is 10.1. The standard InChI is InChI=1S/C15H20FN3O2S/c1-10-9-13(5-6-15(10)16)22(20,21)17-8-7-14-11(2)18-19(4)12(14)3/h5-6,9,17H,7-8H2,1-4H3. The van der Waals surface area contributed by atoms with E-state index in [1.165, 1.54) is 25.1 Å². The molecule has 2 rings (SSSR count). The summed E-state index contributed by atoms with van der Waals surface area (Å²) < 4.78 is 42.0. The number of hydrogen-bond donors (Lipinski definition) is 1. The minimum atomic E-state index is -3.63. The van der Waals surface area contributed by atoms with Crippen LogP contribution in [-0.4, -0.2) is 24.7 Å². The summed E-state index contributed by atoms with van der Waals surface area (Å²) in [6.07, 6.45) is 0.560. The van der Waals surface area contributed by atoms with Crippen molar-refractivity contribution in [3.8, 4) is 0 Å². The van der Waals surface area contributed by atoms with Crippen LogP contribution in [0.3, 0.4) is 0 Å². The van der Waals surface area contributed by atoms with E-state index >= 15 is 0 Å². The van der Waals surface area contributed by atoms with Crippen LogP contribution in [0.1, 0.15) is 22.5 Å². The molecule has 0 bridgehead atoms. The summed E-state index contributed by atoms with van der Waals surface area (Å²) in [5, 5.41) is 4.30. The number of rotatable bonds is 5. The molecule has 0 radical (unpaired) electrons. The van der Waals surface area contributed by atoms with Gasteiger partial charge in [0.05, 0.1) is 10.6 Å². The molecule has 22 heavy (non-hydrogen) atoms. The zero-order chi connectivity index (χ0) is 16.5. The fraction of sp³-hybridized carbons (Fsp3) is 0.400. The molecule has 0 amide bonds. The summed E-state index contributed by atoms with van der Waals surface area (Å²) in [6.45, 7) is 5.66. The average Bonchev–Trinajstić information content (AvgIpc) is 2.68. The quantitative estimate of drug-likeness (QED) is 0.914. The smallest absolute Gasteiger partial charge is 0.240 e. The first-order chi connectivity index (χ1) is 10.2. The minimum absolute atomic E-state index is 0.0750. The largest absolute Gasteiger partial charge is 0.272 e. The summed E-state index contributed by atoms with van der Waals surface area (Å²) in [5.41, 5.74) is 3.27. The van der Waals surface area contributed by atoms with Gasteiger partial charge in [-0.3, -0.25) is 4.68 Å². The molecule has 0 unspecified atom stereocenters.